The minimum absolute atomic E-state index is 0.0903. The van der Waals surface area contributed by atoms with Gasteiger partial charge < -0.3 is 20.6 Å². The predicted molar refractivity (Wildman–Crippen MR) is 57.4 cm³/mol. The average Bonchev–Trinajstić information content (AvgIpc) is 2.18. The van der Waals surface area contributed by atoms with Crippen molar-refractivity contribution in [1.82, 2.24) is 5.32 Å². The number of thioether (sulfide) groups is 1. The first-order chi connectivity index (χ1) is 6.66. The molecule has 0 unspecified atom stereocenters. The van der Waals surface area contributed by atoms with Crippen LogP contribution in [0.4, 0.5) is 0 Å². The van der Waals surface area contributed by atoms with Crippen molar-refractivity contribution in [2.24, 2.45) is 0 Å². The van der Waals surface area contributed by atoms with Crippen molar-refractivity contribution in [3.05, 3.63) is 0 Å². The van der Waals surface area contributed by atoms with Crippen LogP contribution >= 0.6 is 11.8 Å². The number of nitrogens with one attached hydrogen (secondary N) is 1. The third-order valence-corrected chi connectivity index (χ3v) is 3.46. The van der Waals surface area contributed by atoms with Crippen LogP contribution in [0.3, 0.4) is 0 Å². The third-order valence-electron chi connectivity index (χ3n) is 2.52. The maximum Gasteiger partial charge on any atom is 0.108 e. The molecule has 1 aliphatic rings. The molecule has 4 atom stereocenters. The van der Waals surface area contributed by atoms with Gasteiger partial charge in [-0.2, -0.15) is 11.8 Å². The average molecular weight is 221 g/mol. The van der Waals surface area contributed by atoms with E-state index in [1.165, 1.54) is 0 Å². The van der Waals surface area contributed by atoms with E-state index in [9.17, 15) is 15.3 Å². The number of aliphatic hydroxyl groups is 3. The molecule has 0 aromatic carbocycles. The zero-order valence-electron chi connectivity index (χ0n) is 8.39. The van der Waals surface area contributed by atoms with E-state index in [1.54, 1.807) is 0 Å². The van der Waals surface area contributed by atoms with Crippen LogP contribution < -0.4 is 5.32 Å². The lowest BCUT2D eigenvalue weighted by Crippen LogP contribution is -2.59. The number of aliphatic hydroxyl groups excluding tert-OH is 3. The second-order valence-electron chi connectivity index (χ2n) is 3.55. The molecule has 84 valence electrons. The molecule has 0 amide bonds. The highest BCUT2D eigenvalue weighted by Gasteiger charge is 2.35. The van der Waals surface area contributed by atoms with E-state index in [1.807, 2.05) is 11.8 Å². The van der Waals surface area contributed by atoms with Crippen molar-refractivity contribution < 1.29 is 15.3 Å². The van der Waals surface area contributed by atoms with Crippen molar-refractivity contribution in [3.63, 3.8) is 0 Å². The molecule has 14 heavy (non-hydrogen) atoms. The first kappa shape index (κ1) is 12.3. The highest BCUT2D eigenvalue weighted by molar-refractivity contribution is 7.99. The Hall–Kier alpha value is 0.190. The van der Waals surface area contributed by atoms with Gasteiger partial charge in [-0.15, -0.1) is 0 Å². The highest BCUT2D eigenvalue weighted by atomic mass is 32.2. The first-order valence-electron chi connectivity index (χ1n) is 5.02. The zero-order valence-corrected chi connectivity index (χ0v) is 9.20. The van der Waals surface area contributed by atoms with Gasteiger partial charge in [0.2, 0.25) is 0 Å². The van der Waals surface area contributed by atoms with Crippen molar-refractivity contribution in [2.45, 2.75) is 37.7 Å². The summed E-state index contributed by atoms with van der Waals surface area (Å²) in [6, 6.07) is -0.0903. The van der Waals surface area contributed by atoms with E-state index in [0.29, 0.717) is 6.54 Å². The molecule has 0 spiro atoms. The van der Waals surface area contributed by atoms with Crippen LogP contribution in [-0.4, -0.2) is 57.7 Å². The summed E-state index contributed by atoms with van der Waals surface area (Å²) in [6.45, 7) is 2.45. The second-order valence-corrected chi connectivity index (χ2v) is 4.94. The van der Waals surface area contributed by atoms with Gasteiger partial charge in [0.15, 0.2) is 0 Å². The topological polar surface area (TPSA) is 72.7 Å². The highest BCUT2D eigenvalue weighted by Crippen LogP contribution is 2.15. The summed E-state index contributed by atoms with van der Waals surface area (Å²) in [7, 11) is 0. The van der Waals surface area contributed by atoms with Gasteiger partial charge >= 0.3 is 0 Å². The minimum Gasteiger partial charge on any atom is -0.389 e. The molecular weight excluding hydrogens is 202 g/mol. The summed E-state index contributed by atoms with van der Waals surface area (Å²) in [5, 5.41) is 31.3. The molecule has 1 aliphatic heterocycles. The van der Waals surface area contributed by atoms with Gasteiger partial charge in [0.25, 0.3) is 0 Å². The van der Waals surface area contributed by atoms with Crippen LogP contribution in [0.5, 0.6) is 0 Å². The van der Waals surface area contributed by atoms with E-state index in [4.69, 9.17) is 0 Å². The fourth-order valence-electron chi connectivity index (χ4n) is 1.61. The smallest absolute Gasteiger partial charge is 0.108 e. The summed E-state index contributed by atoms with van der Waals surface area (Å²) in [6.07, 6.45) is -1.88. The molecule has 0 saturated carbocycles. The van der Waals surface area contributed by atoms with E-state index >= 15 is 0 Å². The number of β-amino-alcohol motifs (C(OH)–C–C–N with tert-alkyl or cyclic N) is 1. The second kappa shape index (κ2) is 5.92. The van der Waals surface area contributed by atoms with Crippen molar-refractivity contribution in [3.8, 4) is 0 Å². The number of hydrogen-bond acceptors (Lipinski definition) is 5. The van der Waals surface area contributed by atoms with Crippen LogP contribution in [0, 0.1) is 0 Å². The Morgan fingerprint density at radius 1 is 1.29 bits per heavy atom. The lowest BCUT2D eigenvalue weighted by molar-refractivity contribution is -0.0941. The zero-order chi connectivity index (χ0) is 10.6. The fraction of sp³-hybridized carbons (Fsp3) is 1.00. The van der Waals surface area contributed by atoms with Crippen molar-refractivity contribution >= 4 is 11.8 Å². The summed E-state index contributed by atoms with van der Waals surface area (Å²) < 4.78 is 0. The van der Waals surface area contributed by atoms with Crippen LogP contribution in [0.2, 0.25) is 0 Å². The van der Waals surface area contributed by atoms with E-state index in [-0.39, 0.29) is 6.04 Å². The Bertz CT molecular complexity index is 170. The predicted octanol–water partition coefficient (Wildman–Crippen LogP) is -0.816. The van der Waals surface area contributed by atoms with E-state index in [0.717, 1.165) is 17.9 Å². The molecular formula is C9H19NO3S. The van der Waals surface area contributed by atoms with Crippen LogP contribution in [0.25, 0.3) is 0 Å². The molecule has 0 aromatic rings. The monoisotopic (exact) mass is 221 g/mol. The van der Waals surface area contributed by atoms with Crippen molar-refractivity contribution in [2.75, 3.05) is 18.1 Å². The quantitative estimate of drug-likeness (QED) is 0.467. The largest absolute Gasteiger partial charge is 0.389 e. The van der Waals surface area contributed by atoms with Gasteiger partial charge in [0.05, 0.1) is 12.2 Å². The molecule has 1 fully saturated rings. The molecule has 0 aromatic heterocycles. The molecule has 4 N–H and O–H groups in total. The van der Waals surface area contributed by atoms with Gasteiger partial charge in [-0.1, -0.05) is 6.92 Å². The van der Waals surface area contributed by atoms with E-state index < -0.39 is 18.3 Å². The number of hydrogen-bond donors (Lipinski definition) is 4. The van der Waals surface area contributed by atoms with Gasteiger partial charge in [-0.3, -0.25) is 0 Å². The Balaban J connectivity index is 2.31. The van der Waals surface area contributed by atoms with Gasteiger partial charge in [0.1, 0.15) is 6.10 Å². The van der Waals surface area contributed by atoms with Crippen LogP contribution in [0.1, 0.15) is 13.3 Å². The minimum atomic E-state index is -1.01. The Kier molecular flexibility index (Phi) is 5.19. The standard InChI is InChI=1S/C9H19NO3S/c1-2-14-4-3-6-8(12)9(13)7(11)5-10-6/h6-13H,2-5H2,1H3/t6-,7-,8+,9+/m1/s1. The number of piperidine rings is 1. The normalized spacial score (nSPS) is 38.6. The summed E-state index contributed by atoms with van der Waals surface area (Å²) in [4.78, 5) is 0. The summed E-state index contributed by atoms with van der Waals surface area (Å²) in [5.74, 6) is 2.03. The molecule has 0 aliphatic carbocycles. The molecule has 1 rings (SSSR count). The fourth-order valence-corrected chi connectivity index (χ4v) is 2.32. The Labute approximate surface area is 88.7 Å². The molecule has 4 nitrogen and oxygen atoms in total. The number of rotatable bonds is 4. The molecule has 5 heteroatoms. The Morgan fingerprint density at radius 2 is 2.00 bits per heavy atom. The molecule has 1 heterocycles. The summed E-state index contributed by atoms with van der Waals surface area (Å²) in [5.41, 5.74) is 0. The maximum absolute atomic E-state index is 9.63. The van der Waals surface area contributed by atoms with Gasteiger partial charge in [0, 0.05) is 12.6 Å². The first-order valence-corrected chi connectivity index (χ1v) is 6.17. The third kappa shape index (κ3) is 3.10. The Morgan fingerprint density at radius 3 is 2.64 bits per heavy atom. The molecule has 0 radical (unpaired) electrons. The van der Waals surface area contributed by atoms with E-state index in [2.05, 4.69) is 12.2 Å². The van der Waals surface area contributed by atoms with Crippen LogP contribution in [0.15, 0.2) is 0 Å². The summed E-state index contributed by atoms with van der Waals surface area (Å²) >= 11 is 1.81. The van der Waals surface area contributed by atoms with Gasteiger partial charge in [-0.05, 0) is 17.9 Å². The molecule has 0 bridgehead atoms. The molecule has 1 saturated heterocycles. The lowest BCUT2D eigenvalue weighted by Gasteiger charge is -2.36. The maximum atomic E-state index is 9.63. The van der Waals surface area contributed by atoms with Crippen molar-refractivity contribution in [1.29, 1.82) is 0 Å². The van der Waals surface area contributed by atoms with Gasteiger partial charge in [-0.25, -0.2) is 0 Å². The van der Waals surface area contributed by atoms with Crippen LogP contribution in [-0.2, 0) is 0 Å². The SMILES string of the molecule is CCSCC[C@H]1NC[C@@H](O)[C@H](O)[C@H]1O. The lowest BCUT2D eigenvalue weighted by atomic mass is 9.94.